The molecule has 0 radical (unpaired) electrons. The Kier molecular flexibility index (Phi) is 2.97. The summed E-state index contributed by atoms with van der Waals surface area (Å²) < 4.78 is 0. The minimum absolute atomic E-state index is 0.0358. The molecular weight excluding hydrogens is 190 g/mol. The Labute approximate surface area is 89.1 Å². The molecular formula is C11H15N3O. The number of hydrogen-bond donors (Lipinski definition) is 2. The van der Waals surface area contributed by atoms with Crippen molar-refractivity contribution in [3.05, 3.63) is 24.0 Å². The van der Waals surface area contributed by atoms with Crippen molar-refractivity contribution in [3.63, 3.8) is 0 Å². The maximum Gasteiger partial charge on any atom is 0.241 e. The summed E-state index contributed by atoms with van der Waals surface area (Å²) in [5, 5.41) is 6.00. The van der Waals surface area contributed by atoms with Crippen molar-refractivity contribution in [2.24, 2.45) is 0 Å². The molecule has 0 saturated carbocycles. The summed E-state index contributed by atoms with van der Waals surface area (Å²) in [6, 6.07) is 3.72. The fourth-order valence-corrected chi connectivity index (χ4v) is 1.68. The van der Waals surface area contributed by atoms with E-state index in [-0.39, 0.29) is 11.9 Å². The average molecular weight is 205 g/mol. The van der Waals surface area contributed by atoms with Crippen LogP contribution in [-0.2, 0) is 4.79 Å². The monoisotopic (exact) mass is 205 g/mol. The Balaban J connectivity index is 1.96. The van der Waals surface area contributed by atoms with Gasteiger partial charge >= 0.3 is 0 Å². The molecule has 2 N–H and O–H groups in total. The zero-order valence-corrected chi connectivity index (χ0v) is 8.79. The molecule has 15 heavy (non-hydrogen) atoms. The fourth-order valence-electron chi connectivity index (χ4n) is 1.68. The van der Waals surface area contributed by atoms with Gasteiger partial charge in [0.15, 0.2) is 0 Å². The predicted molar refractivity (Wildman–Crippen MR) is 58.6 cm³/mol. The molecule has 80 valence electrons. The lowest BCUT2D eigenvalue weighted by Gasteiger charge is -2.10. The maximum absolute atomic E-state index is 11.7. The van der Waals surface area contributed by atoms with Gasteiger partial charge in [-0.1, -0.05) is 0 Å². The number of nitrogens with one attached hydrogen (secondary N) is 2. The summed E-state index contributed by atoms with van der Waals surface area (Å²) in [6.45, 7) is 2.86. The molecule has 2 rings (SSSR count). The van der Waals surface area contributed by atoms with Crippen molar-refractivity contribution in [3.8, 4) is 0 Å². The molecule has 1 aromatic rings. The van der Waals surface area contributed by atoms with Crippen molar-refractivity contribution in [1.29, 1.82) is 0 Å². The van der Waals surface area contributed by atoms with Gasteiger partial charge in [0.25, 0.3) is 0 Å². The van der Waals surface area contributed by atoms with Gasteiger partial charge in [0.2, 0.25) is 5.91 Å². The third kappa shape index (κ3) is 2.53. The summed E-state index contributed by atoms with van der Waals surface area (Å²) >= 11 is 0. The van der Waals surface area contributed by atoms with Crippen LogP contribution in [0.2, 0.25) is 0 Å². The number of anilines is 1. The smallest absolute Gasteiger partial charge is 0.241 e. The molecule has 2 heterocycles. The first-order valence-electron chi connectivity index (χ1n) is 5.22. The molecule has 1 saturated heterocycles. The average Bonchev–Trinajstić information content (AvgIpc) is 2.74. The van der Waals surface area contributed by atoms with E-state index < -0.39 is 0 Å². The molecule has 0 aliphatic carbocycles. The third-order valence-electron chi connectivity index (χ3n) is 2.56. The molecule has 1 aromatic heterocycles. The molecule has 0 unspecified atom stereocenters. The van der Waals surface area contributed by atoms with Crippen molar-refractivity contribution in [2.75, 3.05) is 11.9 Å². The molecule has 1 aliphatic heterocycles. The lowest BCUT2D eigenvalue weighted by molar-refractivity contribution is -0.117. The molecule has 1 atom stereocenters. The molecule has 1 aliphatic rings. The van der Waals surface area contributed by atoms with Crippen LogP contribution >= 0.6 is 0 Å². The summed E-state index contributed by atoms with van der Waals surface area (Å²) in [5.74, 6) is 0.0400. The molecule has 4 heteroatoms. The van der Waals surface area contributed by atoms with Crippen LogP contribution in [0.4, 0.5) is 5.69 Å². The highest BCUT2D eigenvalue weighted by molar-refractivity contribution is 5.94. The number of pyridine rings is 1. The van der Waals surface area contributed by atoms with Crippen LogP contribution in [0.25, 0.3) is 0 Å². The van der Waals surface area contributed by atoms with E-state index in [0.29, 0.717) is 0 Å². The number of hydrogen-bond acceptors (Lipinski definition) is 3. The van der Waals surface area contributed by atoms with Crippen LogP contribution in [0.1, 0.15) is 18.5 Å². The number of aromatic nitrogens is 1. The van der Waals surface area contributed by atoms with Crippen molar-refractivity contribution in [1.82, 2.24) is 10.3 Å². The van der Waals surface area contributed by atoms with E-state index in [1.807, 2.05) is 19.1 Å². The molecule has 4 nitrogen and oxygen atoms in total. The topological polar surface area (TPSA) is 54.0 Å². The summed E-state index contributed by atoms with van der Waals surface area (Å²) in [7, 11) is 0. The molecule has 0 aromatic carbocycles. The van der Waals surface area contributed by atoms with E-state index in [9.17, 15) is 4.79 Å². The molecule has 0 spiro atoms. The van der Waals surface area contributed by atoms with Gasteiger partial charge < -0.3 is 10.6 Å². The van der Waals surface area contributed by atoms with Gasteiger partial charge in [0.05, 0.1) is 17.9 Å². The highest BCUT2D eigenvalue weighted by Crippen LogP contribution is 2.10. The van der Waals surface area contributed by atoms with Crippen molar-refractivity contribution in [2.45, 2.75) is 25.8 Å². The van der Waals surface area contributed by atoms with Crippen LogP contribution in [0.5, 0.6) is 0 Å². The first kappa shape index (κ1) is 10.1. The summed E-state index contributed by atoms with van der Waals surface area (Å²) in [5.41, 5.74) is 1.71. The second kappa shape index (κ2) is 4.40. The predicted octanol–water partition coefficient (Wildman–Crippen LogP) is 1.08. The number of carbonyl (C=O) groups is 1. The zero-order valence-electron chi connectivity index (χ0n) is 8.79. The van der Waals surface area contributed by atoms with Crippen LogP contribution in [0.15, 0.2) is 18.3 Å². The van der Waals surface area contributed by atoms with Gasteiger partial charge in [-0.2, -0.15) is 0 Å². The fraction of sp³-hybridized carbons (Fsp3) is 0.455. The van der Waals surface area contributed by atoms with Gasteiger partial charge in [-0.25, -0.2) is 0 Å². The quantitative estimate of drug-likeness (QED) is 0.759. The Hall–Kier alpha value is -1.42. The SMILES string of the molecule is Cc1ccc(NC(=O)[C@H]2CCCN2)cn1. The Morgan fingerprint density at radius 1 is 1.60 bits per heavy atom. The van der Waals surface area contributed by atoms with E-state index >= 15 is 0 Å². The largest absolute Gasteiger partial charge is 0.323 e. The van der Waals surface area contributed by atoms with E-state index in [2.05, 4.69) is 15.6 Å². The molecule has 1 amide bonds. The Morgan fingerprint density at radius 3 is 3.07 bits per heavy atom. The Bertz CT molecular complexity index is 341. The lowest BCUT2D eigenvalue weighted by Crippen LogP contribution is -2.35. The van der Waals surface area contributed by atoms with Gasteiger partial charge in [-0.05, 0) is 38.4 Å². The van der Waals surface area contributed by atoms with Gasteiger partial charge in [-0.15, -0.1) is 0 Å². The number of aryl methyl sites for hydroxylation is 1. The minimum Gasteiger partial charge on any atom is -0.323 e. The highest BCUT2D eigenvalue weighted by Gasteiger charge is 2.21. The maximum atomic E-state index is 11.7. The second-order valence-electron chi connectivity index (χ2n) is 3.83. The standard InChI is InChI=1S/C11H15N3O/c1-8-4-5-9(7-13-8)14-11(15)10-3-2-6-12-10/h4-5,7,10,12H,2-3,6H2,1H3,(H,14,15)/t10-/m1/s1. The van der Waals surface area contributed by atoms with E-state index in [1.165, 1.54) is 0 Å². The number of amides is 1. The Morgan fingerprint density at radius 2 is 2.47 bits per heavy atom. The third-order valence-corrected chi connectivity index (χ3v) is 2.56. The van der Waals surface area contributed by atoms with E-state index in [4.69, 9.17) is 0 Å². The summed E-state index contributed by atoms with van der Waals surface area (Å²) in [6.07, 6.45) is 3.68. The first-order chi connectivity index (χ1) is 7.25. The minimum atomic E-state index is -0.0358. The number of nitrogens with zero attached hydrogens (tertiary/aromatic N) is 1. The second-order valence-corrected chi connectivity index (χ2v) is 3.83. The van der Waals surface area contributed by atoms with Crippen LogP contribution in [0, 0.1) is 6.92 Å². The van der Waals surface area contributed by atoms with Gasteiger partial charge in [0, 0.05) is 5.69 Å². The normalized spacial score (nSPS) is 20.2. The number of rotatable bonds is 2. The highest BCUT2D eigenvalue weighted by atomic mass is 16.2. The zero-order chi connectivity index (χ0) is 10.7. The molecule has 1 fully saturated rings. The molecule has 0 bridgehead atoms. The number of carbonyl (C=O) groups excluding carboxylic acids is 1. The first-order valence-corrected chi connectivity index (χ1v) is 5.22. The van der Waals surface area contributed by atoms with E-state index in [0.717, 1.165) is 30.8 Å². The van der Waals surface area contributed by atoms with Crippen LogP contribution < -0.4 is 10.6 Å². The van der Waals surface area contributed by atoms with Crippen LogP contribution in [0.3, 0.4) is 0 Å². The summed E-state index contributed by atoms with van der Waals surface area (Å²) in [4.78, 5) is 15.8. The van der Waals surface area contributed by atoms with Gasteiger partial charge in [-0.3, -0.25) is 9.78 Å². The lowest BCUT2D eigenvalue weighted by atomic mass is 10.2. The van der Waals surface area contributed by atoms with Crippen molar-refractivity contribution >= 4 is 11.6 Å². The van der Waals surface area contributed by atoms with Crippen LogP contribution in [-0.4, -0.2) is 23.5 Å². The van der Waals surface area contributed by atoms with Gasteiger partial charge in [0.1, 0.15) is 0 Å². The van der Waals surface area contributed by atoms with E-state index in [1.54, 1.807) is 6.20 Å². The van der Waals surface area contributed by atoms with Crippen molar-refractivity contribution < 1.29 is 4.79 Å².